The summed E-state index contributed by atoms with van der Waals surface area (Å²) in [4.78, 5) is 12.1. The maximum Gasteiger partial charge on any atom is 0.167 e. The van der Waals surface area contributed by atoms with Gasteiger partial charge in [0, 0.05) is 16.5 Å². The summed E-state index contributed by atoms with van der Waals surface area (Å²) in [5.41, 5.74) is 2.34. The van der Waals surface area contributed by atoms with E-state index in [4.69, 9.17) is 0 Å². The molecule has 0 radical (unpaired) electrons. The lowest BCUT2D eigenvalue weighted by Gasteiger charge is -2.05. The molecule has 0 heterocycles. The summed E-state index contributed by atoms with van der Waals surface area (Å²) in [7, 11) is 0. The molecule has 0 N–H and O–H groups in total. The molecule has 0 unspecified atom stereocenters. The first-order valence-corrected chi connectivity index (χ1v) is 6.39. The number of carbonyl (C=O) groups excluding carboxylic acids is 1. The number of aryl methyl sites for hydroxylation is 1. The maximum absolute atomic E-state index is 13.0. The Balaban J connectivity index is 2.18. The van der Waals surface area contributed by atoms with Crippen LogP contribution in [0.2, 0.25) is 0 Å². The number of Topliss-reactive ketones (excluding diaryl/α,β-unsaturated/α-hetero) is 1. The van der Waals surface area contributed by atoms with Crippen LogP contribution < -0.4 is 0 Å². The van der Waals surface area contributed by atoms with Gasteiger partial charge in [-0.2, -0.15) is 0 Å². The molecular formula is C15H12BrFO. The highest BCUT2D eigenvalue weighted by atomic mass is 79.9. The molecule has 0 bridgehead atoms. The molecule has 0 fully saturated rings. The Labute approximate surface area is 114 Å². The van der Waals surface area contributed by atoms with E-state index in [0.29, 0.717) is 12.0 Å². The normalized spacial score (nSPS) is 10.4. The van der Waals surface area contributed by atoms with Crippen molar-refractivity contribution < 1.29 is 9.18 Å². The van der Waals surface area contributed by atoms with Crippen LogP contribution in [0.15, 0.2) is 46.9 Å². The second-order valence-corrected chi connectivity index (χ2v) is 5.09. The van der Waals surface area contributed by atoms with E-state index in [1.165, 1.54) is 12.1 Å². The summed E-state index contributed by atoms with van der Waals surface area (Å²) in [6.07, 6.45) is 0.299. The lowest BCUT2D eigenvalue weighted by atomic mass is 9.99. The number of rotatable bonds is 3. The van der Waals surface area contributed by atoms with Crippen LogP contribution in [0.4, 0.5) is 4.39 Å². The van der Waals surface area contributed by atoms with Crippen LogP contribution in [0.1, 0.15) is 21.5 Å². The molecule has 0 saturated carbocycles. The van der Waals surface area contributed by atoms with Crippen LogP contribution >= 0.6 is 15.9 Å². The number of hydrogen-bond acceptors (Lipinski definition) is 1. The standard InChI is InChI=1S/C15H12BrFO/c1-10-8-14(17)7-4-12(10)9-15(18)11-2-5-13(16)6-3-11/h2-8H,9H2,1H3. The monoisotopic (exact) mass is 306 g/mol. The molecule has 0 saturated heterocycles. The predicted molar refractivity (Wildman–Crippen MR) is 73.3 cm³/mol. The minimum Gasteiger partial charge on any atom is -0.294 e. The topological polar surface area (TPSA) is 17.1 Å². The van der Waals surface area contributed by atoms with E-state index in [0.717, 1.165) is 15.6 Å². The van der Waals surface area contributed by atoms with E-state index in [-0.39, 0.29) is 11.6 Å². The fraction of sp³-hybridized carbons (Fsp3) is 0.133. The molecule has 2 rings (SSSR count). The van der Waals surface area contributed by atoms with E-state index in [1.807, 2.05) is 19.1 Å². The Hall–Kier alpha value is -1.48. The molecule has 0 aliphatic carbocycles. The van der Waals surface area contributed by atoms with Gasteiger partial charge in [0.2, 0.25) is 0 Å². The van der Waals surface area contributed by atoms with Gasteiger partial charge in [0.1, 0.15) is 5.82 Å². The van der Waals surface area contributed by atoms with E-state index in [1.54, 1.807) is 18.2 Å². The van der Waals surface area contributed by atoms with Crippen molar-refractivity contribution in [1.29, 1.82) is 0 Å². The number of benzene rings is 2. The van der Waals surface area contributed by atoms with Crippen molar-refractivity contribution in [3.8, 4) is 0 Å². The van der Waals surface area contributed by atoms with Gasteiger partial charge < -0.3 is 0 Å². The predicted octanol–water partition coefficient (Wildman–Crippen LogP) is 4.32. The SMILES string of the molecule is Cc1cc(F)ccc1CC(=O)c1ccc(Br)cc1. The molecule has 0 atom stereocenters. The molecule has 0 spiro atoms. The maximum atomic E-state index is 13.0. The number of halogens is 2. The van der Waals surface area contributed by atoms with Crippen LogP contribution in [0.5, 0.6) is 0 Å². The molecule has 0 aromatic heterocycles. The van der Waals surface area contributed by atoms with E-state index in [9.17, 15) is 9.18 Å². The molecule has 1 nitrogen and oxygen atoms in total. The molecule has 92 valence electrons. The number of carbonyl (C=O) groups is 1. The van der Waals surface area contributed by atoms with Crippen LogP contribution in [0.3, 0.4) is 0 Å². The average molecular weight is 307 g/mol. The van der Waals surface area contributed by atoms with Crippen LogP contribution in [0.25, 0.3) is 0 Å². The lowest BCUT2D eigenvalue weighted by molar-refractivity contribution is 0.0992. The zero-order valence-corrected chi connectivity index (χ0v) is 11.5. The van der Waals surface area contributed by atoms with Gasteiger partial charge in [-0.3, -0.25) is 4.79 Å². The summed E-state index contributed by atoms with van der Waals surface area (Å²) in [5, 5.41) is 0. The van der Waals surface area contributed by atoms with Gasteiger partial charge in [-0.05, 0) is 42.3 Å². The Kier molecular flexibility index (Phi) is 3.92. The third-order valence-electron chi connectivity index (χ3n) is 2.82. The summed E-state index contributed by atoms with van der Waals surface area (Å²) < 4.78 is 13.9. The third-order valence-corrected chi connectivity index (χ3v) is 3.35. The van der Waals surface area contributed by atoms with Crippen molar-refractivity contribution in [3.05, 3.63) is 69.4 Å². The molecule has 2 aromatic carbocycles. The first-order chi connectivity index (χ1) is 8.56. The molecule has 0 aliphatic heterocycles. The van der Waals surface area contributed by atoms with Crippen molar-refractivity contribution in [2.24, 2.45) is 0 Å². The van der Waals surface area contributed by atoms with Gasteiger partial charge in [0.05, 0.1) is 0 Å². The molecule has 3 heteroatoms. The van der Waals surface area contributed by atoms with Crippen LogP contribution in [-0.4, -0.2) is 5.78 Å². The summed E-state index contributed by atoms with van der Waals surface area (Å²) >= 11 is 3.33. The molecule has 0 amide bonds. The zero-order valence-electron chi connectivity index (χ0n) is 9.91. The Morgan fingerprint density at radius 1 is 1.17 bits per heavy atom. The molecular weight excluding hydrogens is 295 g/mol. The molecule has 0 aliphatic rings. The second-order valence-electron chi connectivity index (χ2n) is 4.18. The van der Waals surface area contributed by atoms with E-state index >= 15 is 0 Å². The van der Waals surface area contributed by atoms with Crippen molar-refractivity contribution >= 4 is 21.7 Å². The van der Waals surface area contributed by atoms with Crippen LogP contribution in [0, 0.1) is 12.7 Å². The lowest BCUT2D eigenvalue weighted by Crippen LogP contribution is -2.04. The summed E-state index contributed by atoms with van der Waals surface area (Å²) in [6.45, 7) is 1.81. The fourth-order valence-electron chi connectivity index (χ4n) is 1.77. The highest BCUT2D eigenvalue weighted by Gasteiger charge is 2.09. The minimum atomic E-state index is -0.271. The van der Waals surface area contributed by atoms with Crippen molar-refractivity contribution in [2.75, 3.05) is 0 Å². The van der Waals surface area contributed by atoms with Gasteiger partial charge in [0.25, 0.3) is 0 Å². The zero-order chi connectivity index (χ0) is 13.1. The summed E-state index contributed by atoms with van der Waals surface area (Å²) in [6, 6.07) is 11.7. The van der Waals surface area contributed by atoms with Crippen molar-refractivity contribution in [3.63, 3.8) is 0 Å². The van der Waals surface area contributed by atoms with E-state index in [2.05, 4.69) is 15.9 Å². The summed E-state index contributed by atoms with van der Waals surface area (Å²) in [5.74, 6) is -0.232. The van der Waals surface area contributed by atoms with Gasteiger partial charge in [-0.1, -0.05) is 34.1 Å². The Morgan fingerprint density at radius 3 is 2.44 bits per heavy atom. The highest BCUT2D eigenvalue weighted by Crippen LogP contribution is 2.15. The third kappa shape index (κ3) is 3.05. The van der Waals surface area contributed by atoms with Gasteiger partial charge >= 0.3 is 0 Å². The smallest absolute Gasteiger partial charge is 0.167 e. The second kappa shape index (κ2) is 5.44. The fourth-order valence-corrected chi connectivity index (χ4v) is 2.03. The highest BCUT2D eigenvalue weighted by molar-refractivity contribution is 9.10. The number of hydrogen-bond donors (Lipinski definition) is 0. The van der Waals surface area contributed by atoms with Gasteiger partial charge in [0.15, 0.2) is 5.78 Å². The molecule has 18 heavy (non-hydrogen) atoms. The van der Waals surface area contributed by atoms with Crippen molar-refractivity contribution in [2.45, 2.75) is 13.3 Å². The van der Waals surface area contributed by atoms with Gasteiger partial charge in [-0.15, -0.1) is 0 Å². The first kappa shape index (κ1) is 13.0. The average Bonchev–Trinajstić information content (AvgIpc) is 2.33. The van der Waals surface area contributed by atoms with Gasteiger partial charge in [-0.25, -0.2) is 4.39 Å². The van der Waals surface area contributed by atoms with Crippen molar-refractivity contribution in [1.82, 2.24) is 0 Å². The number of ketones is 1. The Morgan fingerprint density at radius 2 is 1.83 bits per heavy atom. The van der Waals surface area contributed by atoms with E-state index < -0.39 is 0 Å². The quantitative estimate of drug-likeness (QED) is 0.772. The largest absolute Gasteiger partial charge is 0.294 e. The first-order valence-electron chi connectivity index (χ1n) is 5.60. The molecule has 2 aromatic rings. The van der Waals surface area contributed by atoms with Crippen LogP contribution in [-0.2, 0) is 6.42 Å². The Bertz CT molecular complexity index is 576. The minimum absolute atomic E-state index is 0.0391.